The molecule has 1 aliphatic heterocycles. The van der Waals surface area contributed by atoms with Crippen LogP contribution in [0.4, 0.5) is 10.1 Å². The van der Waals surface area contributed by atoms with Gasteiger partial charge >= 0.3 is 0 Å². The molecular weight excluding hydrogens is 399 g/mol. The molecule has 3 rings (SSSR count). The maximum Gasteiger partial charge on any atom is 0.276 e. The van der Waals surface area contributed by atoms with Gasteiger partial charge in [-0.15, -0.1) is 11.8 Å². The molecule has 1 aromatic carbocycles. The minimum atomic E-state index is -3.92. The number of rotatable bonds is 3. The van der Waals surface area contributed by atoms with Crippen LogP contribution in [0.15, 0.2) is 29.3 Å². The lowest BCUT2D eigenvalue weighted by Crippen LogP contribution is -2.36. The summed E-state index contributed by atoms with van der Waals surface area (Å²) in [6, 6.07) is 4.68. The molecule has 0 radical (unpaired) electrons. The van der Waals surface area contributed by atoms with Crippen LogP contribution < -0.4 is 14.8 Å². The third-order valence-corrected chi connectivity index (χ3v) is 5.74. The first kappa shape index (κ1) is 20.4. The molecule has 0 unspecified atom stereocenters. The van der Waals surface area contributed by atoms with Gasteiger partial charge in [-0.1, -0.05) is 0 Å². The molecule has 0 saturated carbocycles. The highest BCUT2D eigenvalue weighted by molar-refractivity contribution is 7.89. The standard InChI is InChI=1S/C19H17FN4O4S/c1-3-4-5-14-11-28-18-16(29(26,27)23-14)10-24(2)17(18)19(25)22-13-6-7-15(20)12(8-13)9-21/h6-8,10,14,23H,5,11H2,1-2H3,(H,22,25)/t14-/m0/s1. The van der Waals surface area contributed by atoms with E-state index in [1.165, 1.54) is 29.9 Å². The fraction of sp³-hybridized carbons (Fsp3) is 0.263. The Hall–Kier alpha value is -3.34. The van der Waals surface area contributed by atoms with E-state index in [1.807, 2.05) is 0 Å². The number of carbonyl (C=O) groups is 1. The molecular formula is C19H17FN4O4S. The highest BCUT2D eigenvalue weighted by atomic mass is 32.2. The Morgan fingerprint density at radius 3 is 2.93 bits per heavy atom. The van der Waals surface area contributed by atoms with Crippen molar-refractivity contribution < 1.29 is 22.3 Å². The van der Waals surface area contributed by atoms with E-state index in [0.717, 1.165) is 6.07 Å². The number of fused-ring (bicyclic) bond motifs is 1. The molecule has 8 nitrogen and oxygen atoms in total. The summed E-state index contributed by atoms with van der Waals surface area (Å²) < 4.78 is 48.3. The van der Waals surface area contributed by atoms with E-state index in [0.29, 0.717) is 0 Å². The Morgan fingerprint density at radius 1 is 1.48 bits per heavy atom. The Bertz CT molecular complexity index is 1190. The first-order chi connectivity index (χ1) is 13.8. The first-order valence-corrected chi connectivity index (χ1v) is 10.00. The van der Waals surface area contributed by atoms with Gasteiger partial charge in [-0.05, 0) is 25.1 Å². The molecule has 1 aromatic heterocycles. The summed E-state index contributed by atoms with van der Waals surface area (Å²) in [4.78, 5) is 12.6. The van der Waals surface area contributed by atoms with E-state index in [9.17, 15) is 17.6 Å². The lowest BCUT2D eigenvalue weighted by atomic mass is 10.2. The Labute approximate surface area is 167 Å². The highest BCUT2D eigenvalue weighted by Gasteiger charge is 2.34. The molecule has 2 N–H and O–H groups in total. The van der Waals surface area contributed by atoms with Crippen LogP contribution in [-0.2, 0) is 17.1 Å². The van der Waals surface area contributed by atoms with Crippen LogP contribution in [0, 0.1) is 29.0 Å². The molecule has 1 aliphatic rings. The largest absolute Gasteiger partial charge is 0.488 e. The fourth-order valence-electron chi connectivity index (χ4n) is 2.88. The number of nitrogens with zero attached hydrogens (tertiary/aromatic N) is 2. The summed E-state index contributed by atoms with van der Waals surface area (Å²) in [6.07, 6.45) is 1.55. The average molecular weight is 416 g/mol. The van der Waals surface area contributed by atoms with Crippen LogP contribution in [0.5, 0.6) is 5.75 Å². The van der Waals surface area contributed by atoms with Crippen molar-refractivity contribution in [1.29, 1.82) is 5.26 Å². The molecule has 0 fully saturated rings. The number of sulfonamides is 1. The molecule has 2 aromatic rings. The Kier molecular flexibility index (Phi) is 5.59. The summed E-state index contributed by atoms with van der Waals surface area (Å²) in [5.41, 5.74) is -0.0551. The number of anilines is 1. The van der Waals surface area contributed by atoms with Gasteiger partial charge in [0.1, 0.15) is 23.4 Å². The average Bonchev–Trinajstić information content (AvgIpc) is 2.96. The van der Waals surface area contributed by atoms with E-state index >= 15 is 0 Å². The van der Waals surface area contributed by atoms with Crippen molar-refractivity contribution in [3.8, 4) is 23.7 Å². The molecule has 0 spiro atoms. The molecule has 150 valence electrons. The number of nitrogens with one attached hydrogen (secondary N) is 2. The summed E-state index contributed by atoms with van der Waals surface area (Å²) >= 11 is 0. The van der Waals surface area contributed by atoms with E-state index in [2.05, 4.69) is 21.9 Å². The lowest BCUT2D eigenvalue weighted by Gasteiger charge is -2.13. The maximum atomic E-state index is 13.5. The quantitative estimate of drug-likeness (QED) is 0.740. The number of halogens is 1. The number of nitriles is 1. The third-order valence-electron chi connectivity index (χ3n) is 4.23. The monoisotopic (exact) mass is 416 g/mol. The topological polar surface area (TPSA) is 113 Å². The van der Waals surface area contributed by atoms with E-state index in [1.54, 1.807) is 13.0 Å². The van der Waals surface area contributed by atoms with E-state index < -0.39 is 27.8 Å². The van der Waals surface area contributed by atoms with Gasteiger partial charge in [-0.3, -0.25) is 4.79 Å². The van der Waals surface area contributed by atoms with Gasteiger partial charge in [0, 0.05) is 25.4 Å². The van der Waals surface area contributed by atoms with Crippen LogP contribution in [0.2, 0.25) is 0 Å². The number of hydrogen-bond donors (Lipinski definition) is 2. The zero-order valence-electron chi connectivity index (χ0n) is 15.6. The van der Waals surface area contributed by atoms with Crippen molar-refractivity contribution in [2.75, 3.05) is 11.9 Å². The molecule has 10 heteroatoms. The maximum absolute atomic E-state index is 13.5. The number of aromatic nitrogens is 1. The Balaban J connectivity index is 1.95. The van der Waals surface area contributed by atoms with E-state index in [4.69, 9.17) is 10.00 Å². The van der Waals surface area contributed by atoms with Gasteiger partial charge < -0.3 is 14.6 Å². The van der Waals surface area contributed by atoms with E-state index in [-0.39, 0.29) is 40.6 Å². The van der Waals surface area contributed by atoms with Crippen LogP contribution in [0.25, 0.3) is 0 Å². The smallest absolute Gasteiger partial charge is 0.276 e. The number of benzene rings is 1. The van der Waals surface area contributed by atoms with Crippen molar-refractivity contribution in [2.24, 2.45) is 7.05 Å². The van der Waals surface area contributed by atoms with Gasteiger partial charge in [0.05, 0.1) is 11.6 Å². The summed E-state index contributed by atoms with van der Waals surface area (Å²) in [5, 5.41) is 11.5. The van der Waals surface area contributed by atoms with Gasteiger partial charge in [0.2, 0.25) is 10.0 Å². The minimum Gasteiger partial charge on any atom is -0.488 e. The molecule has 1 atom stereocenters. The van der Waals surface area contributed by atoms with Gasteiger partial charge in [0.15, 0.2) is 11.4 Å². The molecule has 29 heavy (non-hydrogen) atoms. The lowest BCUT2D eigenvalue weighted by molar-refractivity contribution is 0.101. The highest BCUT2D eigenvalue weighted by Crippen LogP contribution is 2.33. The zero-order chi connectivity index (χ0) is 21.2. The minimum absolute atomic E-state index is 0.000329. The number of carbonyl (C=O) groups excluding carboxylic acids is 1. The summed E-state index contributed by atoms with van der Waals surface area (Å²) in [6.45, 7) is 1.65. The normalized spacial score (nSPS) is 17.0. The van der Waals surface area contributed by atoms with Gasteiger partial charge in [-0.25, -0.2) is 17.5 Å². The molecule has 0 bridgehead atoms. The van der Waals surface area contributed by atoms with Crippen LogP contribution in [0.1, 0.15) is 29.4 Å². The van der Waals surface area contributed by atoms with Crippen molar-refractivity contribution >= 4 is 21.6 Å². The SMILES string of the molecule is CC#CC[C@H]1COc2c(cn(C)c2C(=O)Nc2ccc(F)c(C#N)c2)S(=O)(=O)N1. The fourth-order valence-corrected chi connectivity index (χ4v) is 4.29. The van der Waals surface area contributed by atoms with Crippen LogP contribution in [0.3, 0.4) is 0 Å². The van der Waals surface area contributed by atoms with Crippen molar-refractivity contribution in [2.45, 2.75) is 24.3 Å². The number of aryl methyl sites for hydroxylation is 1. The first-order valence-electron chi connectivity index (χ1n) is 8.52. The molecule has 1 amide bonds. The molecule has 0 aliphatic carbocycles. The number of amides is 1. The van der Waals surface area contributed by atoms with Crippen LogP contribution >= 0.6 is 0 Å². The zero-order valence-corrected chi connectivity index (χ0v) is 16.4. The van der Waals surface area contributed by atoms with Crippen molar-refractivity contribution in [3.05, 3.63) is 41.5 Å². The van der Waals surface area contributed by atoms with Crippen LogP contribution in [-0.4, -0.2) is 31.5 Å². The summed E-state index contributed by atoms with van der Waals surface area (Å²) in [7, 11) is -2.41. The predicted octanol–water partition coefficient (Wildman–Crippen LogP) is 1.74. The number of hydrogen-bond acceptors (Lipinski definition) is 5. The predicted molar refractivity (Wildman–Crippen MR) is 102 cm³/mol. The van der Waals surface area contributed by atoms with Crippen molar-refractivity contribution in [1.82, 2.24) is 9.29 Å². The summed E-state index contributed by atoms with van der Waals surface area (Å²) in [5.74, 6) is 4.05. The molecule has 0 saturated heterocycles. The third kappa shape index (κ3) is 4.09. The second kappa shape index (κ2) is 7.95. The van der Waals surface area contributed by atoms with Gasteiger partial charge in [-0.2, -0.15) is 5.26 Å². The van der Waals surface area contributed by atoms with Gasteiger partial charge in [0.25, 0.3) is 5.91 Å². The molecule has 2 heterocycles. The second-order valence-corrected chi connectivity index (χ2v) is 7.99. The van der Waals surface area contributed by atoms with Crippen molar-refractivity contribution in [3.63, 3.8) is 0 Å². The second-order valence-electron chi connectivity index (χ2n) is 6.30. The number of ether oxygens (including phenoxy) is 1. The Morgan fingerprint density at radius 2 is 2.24 bits per heavy atom.